The molecule has 1 aliphatic carbocycles. The van der Waals surface area contributed by atoms with Crippen molar-refractivity contribution in [1.82, 2.24) is 10.6 Å². The predicted octanol–water partition coefficient (Wildman–Crippen LogP) is 2.22. The molecule has 1 fully saturated rings. The smallest absolute Gasteiger partial charge is 0.344 e. The Morgan fingerprint density at radius 2 is 1.89 bits per heavy atom. The van der Waals surface area contributed by atoms with Gasteiger partial charge in [0.1, 0.15) is 6.04 Å². The lowest BCUT2D eigenvalue weighted by Crippen LogP contribution is -2.51. The van der Waals surface area contributed by atoms with Gasteiger partial charge in [-0.2, -0.15) is 13.2 Å². The van der Waals surface area contributed by atoms with Crippen LogP contribution >= 0.6 is 0 Å². The van der Waals surface area contributed by atoms with Crippen LogP contribution in [-0.4, -0.2) is 31.7 Å². The van der Waals surface area contributed by atoms with Gasteiger partial charge in [0.05, 0.1) is 0 Å². The van der Waals surface area contributed by atoms with Crippen LogP contribution < -0.4 is 10.6 Å². The van der Waals surface area contributed by atoms with Crippen molar-refractivity contribution in [3.05, 3.63) is 0 Å². The normalized spacial score (nSPS) is 19.6. The van der Waals surface area contributed by atoms with Crippen molar-refractivity contribution in [2.75, 3.05) is 13.6 Å². The largest absolute Gasteiger partial charge is 0.408 e. The van der Waals surface area contributed by atoms with Gasteiger partial charge in [0.2, 0.25) is 5.91 Å². The molecular weight excluding hydrogens is 245 g/mol. The van der Waals surface area contributed by atoms with E-state index in [-0.39, 0.29) is 6.42 Å². The first-order valence-electron chi connectivity index (χ1n) is 6.46. The Morgan fingerprint density at radius 1 is 1.28 bits per heavy atom. The molecule has 106 valence electrons. The van der Waals surface area contributed by atoms with Gasteiger partial charge in [-0.15, -0.1) is 0 Å². The van der Waals surface area contributed by atoms with Crippen molar-refractivity contribution >= 4 is 5.91 Å². The molecule has 3 nitrogen and oxygen atoms in total. The van der Waals surface area contributed by atoms with Crippen LogP contribution in [0.25, 0.3) is 0 Å². The van der Waals surface area contributed by atoms with Gasteiger partial charge in [-0.05, 0) is 25.8 Å². The maximum absolute atomic E-state index is 13.0. The van der Waals surface area contributed by atoms with E-state index in [1.165, 1.54) is 0 Å². The minimum Gasteiger partial charge on any atom is -0.344 e. The van der Waals surface area contributed by atoms with Gasteiger partial charge in [0, 0.05) is 13.0 Å². The number of carbonyl (C=O) groups excluding carboxylic acids is 1. The molecule has 1 atom stereocenters. The first-order chi connectivity index (χ1) is 8.45. The number of alkyl halides is 3. The lowest BCUT2D eigenvalue weighted by molar-refractivity contribution is -0.174. The summed E-state index contributed by atoms with van der Waals surface area (Å²) in [4.78, 5) is 11.5. The van der Waals surface area contributed by atoms with Crippen molar-refractivity contribution in [2.24, 2.45) is 5.92 Å². The lowest BCUT2D eigenvalue weighted by Gasteiger charge is -2.32. The number of halogens is 3. The van der Waals surface area contributed by atoms with Crippen molar-refractivity contribution in [3.8, 4) is 0 Å². The summed E-state index contributed by atoms with van der Waals surface area (Å²) in [5.74, 6) is -0.991. The molecule has 0 radical (unpaired) electrons. The third-order valence-corrected chi connectivity index (χ3v) is 3.39. The van der Waals surface area contributed by atoms with Crippen molar-refractivity contribution < 1.29 is 18.0 Å². The van der Waals surface area contributed by atoms with Gasteiger partial charge in [-0.1, -0.05) is 19.3 Å². The third kappa shape index (κ3) is 4.84. The highest BCUT2D eigenvalue weighted by Crippen LogP contribution is 2.34. The average Bonchev–Trinajstić information content (AvgIpc) is 2.33. The number of hydrogen-bond donors (Lipinski definition) is 2. The second-order valence-electron chi connectivity index (χ2n) is 4.84. The Balaban J connectivity index is 2.58. The van der Waals surface area contributed by atoms with E-state index in [2.05, 4.69) is 10.6 Å². The zero-order valence-corrected chi connectivity index (χ0v) is 10.6. The summed E-state index contributed by atoms with van der Waals surface area (Å²) in [5.41, 5.74) is 0. The fourth-order valence-corrected chi connectivity index (χ4v) is 2.42. The SMILES string of the molecule is CNCCC(=O)NC(C1CCCCC1)C(F)(F)F. The number of nitrogens with one attached hydrogen (secondary N) is 2. The standard InChI is InChI=1S/C12H21F3N2O/c1-16-8-7-10(18)17-11(12(13,14)15)9-5-3-2-4-6-9/h9,11,16H,2-8H2,1H3,(H,17,18). The molecule has 1 unspecified atom stereocenters. The van der Waals surface area contributed by atoms with Crippen molar-refractivity contribution in [2.45, 2.75) is 50.7 Å². The monoisotopic (exact) mass is 266 g/mol. The Bertz CT molecular complexity index is 263. The predicted molar refractivity (Wildman–Crippen MR) is 63.1 cm³/mol. The lowest BCUT2D eigenvalue weighted by atomic mass is 9.83. The second-order valence-corrected chi connectivity index (χ2v) is 4.84. The van der Waals surface area contributed by atoms with E-state index in [0.29, 0.717) is 19.4 Å². The minimum absolute atomic E-state index is 0.0792. The highest BCUT2D eigenvalue weighted by atomic mass is 19.4. The summed E-state index contributed by atoms with van der Waals surface area (Å²) < 4.78 is 38.9. The van der Waals surface area contributed by atoms with Gasteiger partial charge >= 0.3 is 6.18 Å². The Labute approximate surface area is 106 Å². The molecule has 0 aliphatic heterocycles. The first-order valence-corrected chi connectivity index (χ1v) is 6.46. The molecule has 0 spiro atoms. The number of amides is 1. The van der Waals surface area contributed by atoms with Gasteiger partial charge in [-0.25, -0.2) is 0 Å². The van der Waals surface area contributed by atoms with E-state index in [0.717, 1.165) is 19.3 Å². The molecule has 1 saturated carbocycles. The van der Waals surface area contributed by atoms with E-state index in [1.54, 1.807) is 7.05 Å². The van der Waals surface area contributed by atoms with Crippen LogP contribution in [0.2, 0.25) is 0 Å². The molecule has 0 aromatic carbocycles. The molecule has 1 aliphatic rings. The maximum atomic E-state index is 13.0. The fraction of sp³-hybridized carbons (Fsp3) is 0.917. The molecule has 0 saturated heterocycles. The molecule has 0 aromatic rings. The van der Waals surface area contributed by atoms with E-state index >= 15 is 0 Å². The second kappa shape index (κ2) is 6.97. The van der Waals surface area contributed by atoms with Crippen LogP contribution in [0.5, 0.6) is 0 Å². The topological polar surface area (TPSA) is 41.1 Å². The molecule has 18 heavy (non-hydrogen) atoms. The Hall–Kier alpha value is -0.780. The summed E-state index contributed by atoms with van der Waals surface area (Å²) in [6.45, 7) is 0.390. The minimum atomic E-state index is -4.35. The van der Waals surface area contributed by atoms with Gasteiger partial charge in [-0.3, -0.25) is 4.79 Å². The summed E-state index contributed by atoms with van der Waals surface area (Å²) >= 11 is 0. The molecule has 1 amide bonds. The van der Waals surface area contributed by atoms with Crippen LogP contribution in [-0.2, 0) is 4.79 Å². The van der Waals surface area contributed by atoms with Gasteiger partial charge < -0.3 is 10.6 Å². The molecule has 2 N–H and O–H groups in total. The quantitative estimate of drug-likeness (QED) is 0.801. The van der Waals surface area contributed by atoms with Crippen LogP contribution in [0.3, 0.4) is 0 Å². The Morgan fingerprint density at radius 3 is 2.39 bits per heavy atom. The van der Waals surface area contributed by atoms with Crippen LogP contribution in [0.1, 0.15) is 38.5 Å². The number of rotatable bonds is 5. The summed E-state index contributed by atoms with van der Waals surface area (Å²) in [6.07, 6.45) is -0.526. The molecule has 0 bridgehead atoms. The van der Waals surface area contributed by atoms with Crippen molar-refractivity contribution in [3.63, 3.8) is 0 Å². The van der Waals surface area contributed by atoms with E-state index in [4.69, 9.17) is 0 Å². The number of carbonyl (C=O) groups is 1. The highest BCUT2D eigenvalue weighted by Gasteiger charge is 2.45. The fourth-order valence-electron chi connectivity index (χ4n) is 2.42. The zero-order chi connectivity index (χ0) is 13.6. The van der Waals surface area contributed by atoms with Crippen LogP contribution in [0.15, 0.2) is 0 Å². The Kier molecular flexibility index (Phi) is 5.91. The first kappa shape index (κ1) is 15.3. The van der Waals surface area contributed by atoms with Crippen LogP contribution in [0.4, 0.5) is 13.2 Å². The number of hydrogen-bond acceptors (Lipinski definition) is 2. The molecular formula is C12H21F3N2O. The van der Waals surface area contributed by atoms with Gasteiger partial charge in [0.25, 0.3) is 0 Å². The molecule has 0 heterocycles. The highest BCUT2D eigenvalue weighted by molar-refractivity contribution is 5.76. The third-order valence-electron chi connectivity index (χ3n) is 3.39. The van der Waals surface area contributed by atoms with Gasteiger partial charge in [0.15, 0.2) is 0 Å². The summed E-state index contributed by atoms with van der Waals surface area (Å²) in [6, 6.07) is -1.68. The molecule has 6 heteroatoms. The molecule has 0 aromatic heterocycles. The summed E-state index contributed by atoms with van der Waals surface area (Å²) in [7, 11) is 1.66. The van der Waals surface area contributed by atoms with E-state index in [1.807, 2.05) is 0 Å². The van der Waals surface area contributed by atoms with Crippen molar-refractivity contribution in [1.29, 1.82) is 0 Å². The molecule has 1 rings (SSSR count). The van der Waals surface area contributed by atoms with E-state index in [9.17, 15) is 18.0 Å². The maximum Gasteiger partial charge on any atom is 0.408 e. The zero-order valence-electron chi connectivity index (χ0n) is 10.6. The average molecular weight is 266 g/mol. The van der Waals surface area contributed by atoms with E-state index < -0.39 is 24.0 Å². The summed E-state index contributed by atoms with van der Waals surface area (Å²) in [5, 5.41) is 4.91. The van der Waals surface area contributed by atoms with Crippen LogP contribution in [0, 0.1) is 5.92 Å².